The summed E-state index contributed by atoms with van der Waals surface area (Å²) in [6.07, 6.45) is 0. The van der Waals surface area contributed by atoms with E-state index in [1.807, 2.05) is 0 Å². The Labute approximate surface area is 131 Å². The molecule has 0 fully saturated rings. The van der Waals surface area contributed by atoms with Crippen LogP contribution < -0.4 is 15.0 Å². The Morgan fingerprint density at radius 2 is 1.91 bits per heavy atom. The number of rotatable bonds is 2. The first-order chi connectivity index (χ1) is 11.0. The highest BCUT2D eigenvalue weighted by molar-refractivity contribution is 6.06. The second-order valence-corrected chi connectivity index (χ2v) is 4.98. The van der Waals surface area contributed by atoms with Crippen molar-refractivity contribution >= 4 is 28.9 Å². The summed E-state index contributed by atoms with van der Waals surface area (Å²) in [5.74, 6) is -0.431. The molecular weight excluding hydrogens is 300 g/mol. The molecule has 0 radical (unpaired) electrons. The van der Waals surface area contributed by atoms with Gasteiger partial charge < -0.3 is 20.3 Å². The Morgan fingerprint density at radius 3 is 2.61 bits per heavy atom. The van der Waals surface area contributed by atoms with Gasteiger partial charge in [0.1, 0.15) is 12.4 Å². The van der Waals surface area contributed by atoms with E-state index in [-0.39, 0.29) is 23.1 Å². The summed E-state index contributed by atoms with van der Waals surface area (Å²) in [6, 6.07) is 9.58. The Bertz CT molecular complexity index is 803. The zero-order valence-electron chi connectivity index (χ0n) is 12.2. The van der Waals surface area contributed by atoms with Gasteiger partial charge in [0.15, 0.2) is 11.5 Å². The van der Waals surface area contributed by atoms with Crippen LogP contribution in [-0.4, -0.2) is 28.6 Å². The van der Waals surface area contributed by atoms with E-state index < -0.39 is 12.5 Å². The van der Waals surface area contributed by atoms with E-state index in [1.54, 1.807) is 24.3 Å². The molecule has 118 valence electrons. The number of hydrogen-bond donors (Lipinski definition) is 3. The monoisotopic (exact) mass is 314 g/mol. The molecule has 7 heteroatoms. The van der Waals surface area contributed by atoms with Gasteiger partial charge in [-0.05, 0) is 18.2 Å². The van der Waals surface area contributed by atoms with Crippen LogP contribution in [-0.2, 0) is 9.59 Å². The van der Waals surface area contributed by atoms with E-state index in [4.69, 9.17) is 4.74 Å². The number of carbonyl (C=O) groups is 2. The first-order valence-corrected chi connectivity index (χ1v) is 6.86. The minimum absolute atomic E-state index is 0.148. The van der Waals surface area contributed by atoms with Crippen LogP contribution in [0.1, 0.15) is 6.92 Å². The Hall–Kier alpha value is -3.06. The fourth-order valence-electron chi connectivity index (χ4n) is 2.42. The van der Waals surface area contributed by atoms with E-state index in [9.17, 15) is 19.8 Å². The number of nitrogens with zero attached hydrogens (tertiary/aromatic N) is 1. The topological polar surface area (TPSA) is 99.1 Å². The number of aliphatic hydroxyl groups is 1. The van der Waals surface area contributed by atoms with Gasteiger partial charge in [0.2, 0.25) is 5.91 Å². The zero-order valence-corrected chi connectivity index (χ0v) is 12.2. The largest absolute Gasteiger partial charge is 0.506 e. The number of aliphatic hydroxyl groups excluding tert-OH is 1. The Kier molecular flexibility index (Phi) is 3.63. The molecule has 0 atom stereocenters. The maximum absolute atomic E-state index is 12.2. The molecular formula is C16H14N2O5. The highest BCUT2D eigenvalue weighted by Crippen LogP contribution is 2.49. The highest BCUT2D eigenvalue weighted by atomic mass is 16.5. The van der Waals surface area contributed by atoms with Crippen molar-refractivity contribution in [2.75, 3.05) is 16.8 Å². The lowest BCUT2D eigenvalue weighted by molar-refractivity contribution is -0.120. The molecule has 0 bridgehead atoms. The molecule has 1 aliphatic rings. The van der Waals surface area contributed by atoms with Crippen molar-refractivity contribution in [3.63, 3.8) is 0 Å². The predicted octanol–water partition coefficient (Wildman–Crippen LogP) is 2.11. The van der Waals surface area contributed by atoms with Gasteiger partial charge in [0.25, 0.3) is 5.91 Å². The second kappa shape index (κ2) is 5.62. The number of amides is 2. The minimum Gasteiger partial charge on any atom is -0.506 e. The molecule has 1 aliphatic heterocycles. The molecule has 0 spiro atoms. The number of carbonyl (C=O) groups excluding carboxylic acids is 2. The summed E-state index contributed by atoms with van der Waals surface area (Å²) in [7, 11) is 0. The summed E-state index contributed by atoms with van der Waals surface area (Å²) in [5, 5.41) is 21.7. The second-order valence-electron chi connectivity index (χ2n) is 4.98. The van der Waals surface area contributed by atoms with Crippen molar-refractivity contribution in [3.05, 3.63) is 36.4 Å². The van der Waals surface area contributed by atoms with Gasteiger partial charge in [0.05, 0.1) is 17.1 Å². The molecule has 2 aromatic rings. The van der Waals surface area contributed by atoms with Crippen molar-refractivity contribution < 1.29 is 24.5 Å². The number of ether oxygens (including phenoxy) is 1. The van der Waals surface area contributed by atoms with Gasteiger partial charge >= 0.3 is 0 Å². The lowest BCUT2D eigenvalue weighted by atomic mass is 10.1. The highest BCUT2D eigenvalue weighted by Gasteiger charge is 2.30. The molecule has 0 saturated heterocycles. The fourth-order valence-corrected chi connectivity index (χ4v) is 2.42. The number of hydrogen-bond acceptors (Lipinski definition) is 5. The Morgan fingerprint density at radius 1 is 1.17 bits per heavy atom. The third kappa shape index (κ3) is 2.58. The Balaban J connectivity index is 2.18. The van der Waals surface area contributed by atoms with Crippen LogP contribution in [0.25, 0.3) is 0 Å². The molecule has 0 aliphatic carbocycles. The molecule has 3 rings (SSSR count). The maximum Gasteiger partial charge on any atom is 0.257 e. The number of benzene rings is 2. The van der Waals surface area contributed by atoms with E-state index in [0.717, 1.165) is 0 Å². The molecule has 7 nitrogen and oxygen atoms in total. The van der Waals surface area contributed by atoms with E-state index in [1.165, 1.54) is 24.0 Å². The number of fused-ring (bicyclic) bond motifs is 2. The van der Waals surface area contributed by atoms with E-state index in [2.05, 4.69) is 5.32 Å². The molecule has 2 aromatic carbocycles. The first-order valence-electron chi connectivity index (χ1n) is 6.86. The van der Waals surface area contributed by atoms with Crippen LogP contribution in [0, 0.1) is 0 Å². The summed E-state index contributed by atoms with van der Waals surface area (Å²) in [6.45, 7) is 0.617. The van der Waals surface area contributed by atoms with Gasteiger partial charge in [-0.15, -0.1) is 0 Å². The summed E-state index contributed by atoms with van der Waals surface area (Å²) >= 11 is 0. The van der Waals surface area contributed by atoms with Crippen molar-refractivity contribution in [3.8, 4) is 17.2 Å². The fraction of sp³-hybridized carbons (Fsp3) is 0.125. The van der Waals surface area contributed by atoms with Crippen molar-refractivity contribution in [2.45, 2.75) is 6.92 Å². The van der Waals surface area contributed by atoms with Crippen LogP contribution in [0.3, 0.4) is 0 Å². The molecule has 3 N–H and O–H groups in total. The molecule has 0 saturated carbocycles. The third-order valence-electron chi connectivity index (χ3n) is 3.34. The summed E-state index contributed by atoms with van der Waals surface area (Å²) in [5.41, 5.74) is 0.942. The van der Waals surface area contributed by atoms with Crippen LogP contribution >= 0.6 is 0 Å². The SMILES string of the molecule is CC(=O)Nc1cc2c(cc1O)Oc1ccccc1N2C(=O)CO. The van der Waals surface area contributed by atoms with Gasteiger partial charge in [0, 0.05) is 13.0 Å². The van der Waals surface area contributed by atoms with E-state index in [0.29, 0.717) is 17.1 Å². The van der Waals surface area contributed by atoms with Gasteiger partial charge in [-0.3, -0.25) is 14.5 Å². The van der Waals surface area contributed by atoms with E-state index >= 15 is 0 Å². The summed E-state index contributed by atoms with van der Waals surface area (Å²) < 4.78 is 5.69. The van der Waals surface area contributed by atoms with Crippen LogP contribution in [0.2, 0.25) is 0 Å². The number of phenols is 1. The third-order valence-corrected chi connectivity index (χ3v) is 3.34. The normalized spacial score (nSPS) is 12.0. The average molecular weight is 314 g/mol. The lowest BCUT2D eigenvalue weighted by Gasteiger charge is -2.31. The number of anilines is 3. The number of aromatic hydroxyl groups is 1. The first kappa shape index (κ1) is 14.9. The molecule has 0 aromatic heterocycles. The van der Waals surface area contributed by atoms with Crippen molar-refractivity contribution in [2.24, 2.45) is 0 Å². The van der Waals surface area contributed by atoms with Crippen LogP contribution in [0.5, 0.6) is 17.2 Å². The van der Waals surface area contributed by atoms with Crippen LogP contribution in [0.4, 0.5) is 17.1 Å². The average Bonchev–Trinajstić information content (AvgIpc) is 2.52. The standard InChI is InChI=1S/C16H14N2O5/c1-9(20)17-10-6-12-15(7-13(10)21)23-14-5-3-2-4-11(14)18(12)16(22)8-19/h2-7,19,21H,8H2,1H3,(H,17,20). The number of nitrogens with one attached hydrogen (secondary N) is 1. The smallest absolute Gasteiger partial charge is 0.257 e. The maximum atomic E-state index is 12.2. The van der Waals surface area contributed by atoms with Crippen molar-refractivity contribution in [1.82, 2.24) is 0 Å². The predicted molar refractivity (Wildman–Crippen MR) is 83.2 cm³/mol. The van der Waals surface area contributed by atoms with Gasteiger partial charge in [-0.2, -0.15) is 0 Å². The molecule has 23 heavy (non-hydrogen) atoms. The lowest BCUT2D eigenvalue weighted by Crippen LogP contribution is -2.31. The van der Waals surface area contributed by atoms with Crippen molar-refractivity contribution in [1.29, 1.82) is 0 Å². The molecule has 1 heterocycles. The number of phenolic OH excluding ortho intramolecular Hbond substituents is 1. The van der Waals surface area contributed by atoms with Gasteiger partial charge in [-0.25, -0.2) is 0 Å². The zero-order chi connectivity index (χ0) is 16.6. The molecule has 0 unspecified atom stereocenters. The summed E-state index contributed by atoms with van der Waals surface area (Å²) in [4.78, 5) is 24.7. The quantitative estimate of drug-likeness (QED) is 0.737. The van der Waals surface area contributed by atoms with Gasteiger partial charge in [-0.1, -0.05) is 12.1 Å². The number of para-hydroxylation sites is 2. The van der Waals surface area contributed by atoms with Crippen LogP contribution in [0.15, 0.2) is 36.4 Å². The minimum atomic E-state index is -0.690. The molecule has 2 amide bonds.